The van der Waals surface area contributed by atoms with Gasteiger partial charge in [-0.15, -0.1) is 11.3 Å². The normalized spacial score (nSPS) is 10.5. The zero-order valence-corrected chi connectivity index (χ0v) is 11.8. The third kappa shape index (κ3) is 3.16. The van der Waals surface area contributed by atoms with Crippen LogP contribution in [0, 0.1) is 10.1 Å². The van der Waals surface area contributed by atoms with E-state index >= 15 is 0 Å². The molecule has 18 heavy (non-hydrogen) atoms. The monoisotopic (exact) mass is 326 g/mol. The lowest BCUT2D eigenvalue weighted by atomic mass is 10.2. The van der Waals surface area contributed by atoms with Gasteiger partial charge >= 0.3 is 0 Å². The summed E-state index contributed by atoms with van der Waals surface area (Å²) in [7, 11) is 0. The smallest absolute Gasteiger partial charge is 0.273 e. The molecule has 0 fully saturated rings. The van der Waals surface area contributed by atoms with Gasteiger partial charge in [0.25, 0.3) is 5.69 Å². The largest absolute Gasteiger partial charge is 0.307 e. The molecule has 0 saturated heterocycles. The lowest BCUT2D eigenvalue weighted by Crippen LogP contribution is -2.13. The number of thiophene rings is 1. The van der Waals surface area contributed by atoms with E-state index in [9.17, 15) is 10.1 Å². The van der Waals surface area contributed by atoms with E-state index < -0.39 is 0 Å². The number of rotatable bonds is 5. The number of hydrogen-bond donors (Lipinski definition) is 1. The third-order valence-corrected chi connectivity index (χ3v) is 4.41. The van der Waals surface area contributed by atoms with E-state index in [4.69, 9.17) is 0 Å². The highest BCUT2D eigenvalue weighted by Gasteiger charge is 2.11. The number of benzene rings is 1. The van der Waals surface area contributed by atoms with E-state index in [1.807, 2.05) is 17.5 Å². The van der Waals surface area contributed by atoms with E-state index in [0.29, 0.717) is 18.7 Å². The summed E-state index contributed by atoms with van der Waals surface area (Å²) < 4.78 is 1.07. The van der Waals surface area contributed by atoms with Crippen LogP contribution in [0.4, 0.5) is 5.69 Å². The van der Waals surface area contributed by atoms with Crippen LogP contribution in [-0.4, -0.2) is 4.92 Å². The van der Waals surface area contributed by atoms with Crippen molar-refractivity contribution in [2.75, 3.05) is 0 Å². The van der Waals surface area contributed by atoms with Crippen LogP contribution in [0.1, 0.15) is 10.4 Å². The van der Waals surface area contributed by atoms with Crippen molar-refractivity contribution in [3.63, 3.8) is 0 Å². The fourth-order valence-electron chi connectivity index (χ4n) is 1.60. The number of nitro groups is 1. The van der Waals surface area contributed by atoms with E-state index in [2.05, 4.69) is 21.2 Å². The first-order valence-electron chi connectivity index (χ1n) is 5.33. The molecule has 0 bridgehead atoms. The summed E-state index contributed by atoms with van der Waals surface area (Å²) in [6, 6.07) is 8.78. The van der Waals surface area contributed by atoms with Crippen LogP contribution >= 0.6 is 27.3 Å². The van der Waals surface area contributed by atoms with Crippen molar-refractivity contribution < 1.29 is 4.92 Å². The topological polar surface area (TPSA) is 55.2 Å². The van der Waals surface area contributed by atoms with Crippen molar-refractivity contribution in [3.8, 4) is 0 Å². The van der Waals surface area contributed by atoms with Gasteiger partial charge in [-0.25, -0.2) is 0 Å². The maximum Gasteiger partial charge on any atom is 0.273 e. The highest BCUT2D eigenvalue weighted by atomic mass is 79.9. The molecule has 0 saturated carbocycles. The Morgan fingerprint density at radius 1 is 1.28 bits per heavy atom. The zero-order chi connectivity index (χ0) is 13.0. The molecule has 0 aliphatic heterocycles. The molecule has 4 nitrogen and oxygen atoms in total. The molecule has 1 N–H and O–H groups in total. The summed E-state index contributed by atoms with van der Waals surface area (Å²) >= 11 is 5.10. The number of halogens is 1. The molecule has 0 spiro atoms. The van der Waals surface area contributed by atoms with Gasteiger partial charge in [-0.1, -0.05) is 18.2 Å². The summed E-state index contributed by atoms with van der Waals surface area (Å²) in [6.07, 6.45) is 0. The zero-order valence-electron chi connectivity index (χ0n) is 9.43. The van der Waals surface area contributed by atoms with Gasteiger partial charge in [0.05, 0.1) is 4.92 Å². The van der Waals surface area contributed by atoms with Crippen LogP contribution in [0.3, 0.4) is 0 Å². The first kappa shape index (κ1) is 13.2. The molecule has 94 valence electrons. The van der Waals surface area contributed by atoms with Crippen molar-refractivity contribution in [1.29, 1.82) is 0 Å². The number of nitrogens with one attached hydrogen (secondary N) is 1. The minimum Gasteiger partial charge on any atom is -0.307 e. The van der Waals surface area contributed by atoms with Crippen LogP contribution in [0.5, 0.6) is 0 Å². The number of hydrogen-bond acceptors (Lipinski definition) is 4. The maximum atomic E-state index is 10.8. The summed E-state index contributed by atoms with van der Waals surface area (Å²) in [6.45, 7) is 1.19. The maximum absolute atomic E-state index is 10.8. The lowest BCUT2D eigenvalue weighted by molar-refractivity contribution is -0.385. The van der Waals surface area contributed by atoms with Gasteiger partial charge in [0.2, 0.25) is 0 Å². The van der Waals surface area contributed by atoms with Gasteiger partial charge in [-0.05, 0) is 27.4 Å². The van der Waals surface area contributed by atoms with Crippen molar-refractivity contribution >= 4 is 33.0 Å². The standard InChI is InChI=1S/C12H11BrN2O2S/c13-10-5-6-18-12(10)8-14-7-9-3-1-2-4-11(9)15(16)17/h1-6,14H,7-8H2. The second-order valence-corrected chi connectivity index (χ2v) is 5.54. The number of para-hydroxylation sites is 1. The van der Waals surface area contributed by atoms with Crippen LogP contribution in [0.25, 0.3) is 0 Å². The molecule has 1 aromatic carbocycles. The van der Waals surface area contributed by atoms with Gasteiger partial charge in [0, 0.05) is 34.1 Å². The molecule has 0 unspecified atom stereocenters. The molecule has 0 radical (unpaired) electrons. The van der Waals surface area contributed by atoms with E-state index in [1.165, 1.54) is 10.9 Å². The van der Waals surface area contributed by atoms with Gasteiger partial charge in [-0.3, -0.25) is 10.1 Å². The molecule has 1 heterocycles. The fourth-order valence-corrected chi connectivity index (χ4v) is 3.06. The Morgan fingerprint density at radius 2 is 2.06 bits per heavy atom. The Bertz CT molecular complexity index is 557. The van der Waals surface area contributed by atoms with Crippen LogP contribution in [0.15, 0.2) is 40.2 Å². The van der Waals surface area contributed by atoms with E-state index in [1.54, 1.807) is 23.5 Å². The fraction of sp³-hybridized carbons (Fsp3) is 0.167. The Hall–Kier alpha value is -1.24. The molecule has 2 rings (SSSR count). The summed E-state index contributed by atoms with van der Waals surface area (Å²) in [5.41, 5.74) is 0.866. The Labute approximate surface area is 117 Å². The highest BCUT2D eigenvalue weighted by molar-refractivity contribution is 9.10. The SMILES string of the molecule is O=[N+]([O-])c1ccccc1CNCc1sccc1Br. The van der Waals surface area contributed by atoms with Crippen molar-refractivity contribution in [3.05, 3.63) is 60.7 Å². The average Bonchev–Trinajstić information content (AvgIpc) is 2.76. The molecule has 1 aromatic heterocycles. The average molecular weight is 327 g/mol. The van der Waals surface area contributed by atoms with Crippen LogP contribution in [0.2, 0.25) is 0 Å². The first-order chi connectivity index (χ1) is 8.68. The number of nitro benzene ring substituents is 1. The molecule has 2 aromatic rings. The molecule has 0 amide bonds. The Morgan fingerprint density at radius 3 is 2.72 bits per heavy atom. The van der Waals surface area contributed by atoms with E-state index in [-0.39, 0.29) is 10.6 Å². The van der Waals surface area contributed by atoms with Crippen molar-refractivity contribution in [1.82, 2.24) is 5.32 Å². The predicted molar refractivity (Wildman–Crippen MR) is 75.7 cm³/mol. The highest BCUT2D eigenvalue weighted by Crippen LogP contribution is 2.23. The summed E-state index contributed by atoms with van der Waals surface area (Å²) in [4.78, 5) is 11.7. The first-order valence-corrected chi connectivity index (χ1v) is 7.00. The minimum absolute atomic E-state index is 0.162. The number of nitrogens with zero attached hydrogens (tertiary/aromatic N) is 1. The third-order valence-electron chi connectivity index (χ3n) is 2.48. The van der Waals surface area contributed by atoms with Crippen LogP contribution in [-0.2, 0) is 13.1 Å². The lowest BCUT2D eigenvalue weighted by Gasteiger charge is -2.04. The minimum atomic E-state index is -0.349. The second-order valence-electron chi connectivity index (χ2n) is 3.68. The van der Waals surface area contributed by atoms with Crippen LogP contribution < -0.4 is 5.32 Å². The van der Waals surface area contributed by atoms with Gasteiger partial charge in [-0.2, -0.15) is 0 Å². The van der Waals surface area contributed by atoms with Gasteiger partial charge in [0.1, 0.15) is 0 Å². The molecule has 6 heteroatoms. The molecule has 0 aliphatic carbocycles. The quantitative estimate of drug-likeness (QED) is 0.673. The Balaban J connectivity index is 1.99. The molecule has 0 atom stereocenters. The van der Waals surface area contributed by atoms with E-state index in [0.717, 1.165) is 4.47 Å². The summed E-state index contributed by atoms with van der Waals surface area (Å²) in [5.74, 6) is 0. The predicted octanol–water partition coefficient (Wildman–Crippen LogP) is 3.71. The van der Waals surface area contributed by atoms with Gasteiger partial charge < -0.3 is 5.32 Å². The summed E-state index contributed by atoms with van der Waals surface area (Å²) in [5, 5.41) is 16.1. The molecular formula is C12H11BrN2O2S. The van der Waals surface area contributed by atoms with Crippen molar-refractivity contribution in [2.45, 2.75) is 13.1 Å². The van der Waals surface area contributed by atoms with Gasteiger partial charge in [0.15, 0.2) is 0 Å². The van der Waals surface area contributed by atoms with Crippen molar-refractivity contribution in [2.24, 2.45) is 0 Å². The Kier molecular flexibility index (Phi) is 4.46. The second kappa shape index (κ2) is 6.08. The molecule has 0 aliphatic rings. The molecular weight excluding hydrogens is 316 g/mol.